The minimum absolute atomic E-state index is 0.0301. The Balaban J connectivity index is 2.73. The summed E-state index contributed by atoms with van der Waals surface area (Å²) in [4.78, 5) is 4.25. The third-order valence-electron chi connectivity index (χ3n) is 2.09. The molecule has 0 spiro atoms. The average Bonchev–Trinajstić information content (AvgIpc) is 2.42. The normalized spacial score (nSPS) is 10.9. The third kappa shape index (κ3) is 1.15. The van der Waals surface area contributed by atoms with E-state index >= 15 is 0 Å². The van der Waals surface area contributed by atoms with Crippen LogP contribution in [0.1, 0.15) is 11.3 Å². The summed E-state index contributed by atoms with van der Waals surface area (Å²) in [5.41, 5.74) is 8.21. The number of imidazole rings is 1. The van der Waals surface area contributed by atoms with Gasteiger partial charge < -0.3 is 10.8 Å². The molecular formula is C9H11N3O. The van der Waals surface area contributed by atoms with Gasteiger partial charge in [0.1, 0.15) is 11.5 Å². The molecule has 4 nitrogen and oxygen atoms in total. The molecule has 2 aromatic rings. The zero-order chi connectivity index (χ0) is 9.42. The maximum atomic E-state index is 8.90. The van der Waals surface area contributed by atoms with Gasteiger partial charge in [0.15, 0.2) is 0 Å². The monoisotopic (exact) mass is 177 g/mol. The zero-order valence-electron chi connectivity index (χ0n) is 7.36. The number of hydrogen-bond donors (Lipinski definition) is 2. The van der Waals surface area contributed by atoms with Crippen molar-refractivity contribution in [2.45, 2.75) is 13.5 Å². The van der Waals surface area contributed by atoms with Crippen molar-refractivity contribution in [3.63, 3.8) is 0 Å². The van der Waals surface area contributed by atoms with Crippen molar-refractivity contribution < 1.29 is 5.11 Å². The molecule has 0 aliphatic carbocycles. The summed E-state index contributed by atoms with van der Waals surface area (Å²) < 4.78 is 1.80. The van der Waals surface area contributed by atoms with Crippen LogP contribution in [0.5, 0.6) is 0 Å². The maximum Gasteiger partial charge on any atom is 0.139 e. The van der Waals surface area contributed by atoms with E-state index in [2.05, 4.69) is 4.98 Å². The largest absolute Gasteiger partial charge is 0.392 e. The van der Waals surface area contributed by atoms with Gasteiger partial charge in [0.25, 0.3) is 0 Å². The highest BCUT2D eigenvalue weighted by Gasteiger charge is 2.04. The topological polar surface area (TPSA) is 63.5 Å². The Labute approximate surface area is 75.6 Å². The molecule has 2 rings (SSSR count). The van der Waals surface area contributed by atoms with Crippen molar-refractivity contribution in [3.05, 3.63) is 29.6 Å². The second-order valence-electron chi connectivity index (χ2n) is 3.00. The fourth-order valence-electron chi connectivity index (χ4n) is 1.32. The number of aromatic nitrogens is 2. The van der Waals surface area contributed by atoms with E-state index in [1.54, 1.807) is 4.40 Å². The van der Waals surface area contributed by atoms with E-state index in [1.807, 2.05) is 25.3 Å². The molecular weight excluding hydrogens is 166 g/mol. The van der Waals surface area contributed by atoms with E-state index in [4.69, 9.17) is 10.8 Å². The van der Waals surface area contributed by atoms with Crippen molar-refractivity contribution in [3.8, 4) is 0 Å². The lowest BCUT2D eigenvalue weighted by atomic mass is 10.3. The highest BCUT2D eigenvalue weighted by Crippen LogP contribution is 2.14. The Morgan fingerprint density at radius 2 is 2.38 bits per heavy atom. The minimum atomic E-state index is 0.0301. The fourth-order valence-corrected chi connectivity index (χ4v) is 1.32. The highest BCUT2D eigenvalue weighted by atomic mass is 16.3. The van der Waals surface area contributed by atoms with E-state index in [9.17, 15) is 0 Å². The summed E-state index contributed by atoms with van der Waals surface area (Å²) in [6.45, 7) is 1.89. The molecule has 4 heteroatoms. The van der Waals surface area contributed by atoms with E-state index in [0.29, 0.717) is 5.82 Å². The van der Waals surface area contributed by atoms with E-state index in [-0.39, 0.29) is 6.61 Å². The molecule has 0 aliphatic heterocycles. The lowest BCUT2D eigenvalue weighted by molar-refractivity contribution is 0.282. The lowest BCUT2D eigenvalue weighted by Gasteiger charge is -1.98. The van der Waals surface area contributed by atoms with Gasteiger partial charge in [0.05, 0.1) is 12.3 Å². The summed E-state index contributed by atoms with van der Waals surface area (Å²) >= 11 is 0. The average molecular weight is 177 g/mol. The molecule has 0 aliphatic rings. The van der Waals surface area contributed by atoms with E-state index < -0.39 is 0 Å². The van der Waals surface area contributed by atoms with E-state index in [1.165, 1.54) is 0 Å². The number of aryl methyl sites for hydroxylation is 1. The number of fused-ring (bicyclic) bond motifs is 1. The summed E-state index contributed by atoms with van der Waals surface area (Å²) in [7, 11) is 0. The molecule has 0 bridgehead atoms. The smallest absolute Gasteiger partial charge is 0.139 e. The van der Waals surface area contributed by atoms with Gasteiger partial charge in [-0.05, 0) is 24.6 Å². The summed E-state index contributed by atoms with van der Waals surface area (Å²) in [5.74, 6) is 0.652. The molecule has 0 fully saturated rings. The van der Waals surface area contributed by atoms with Crippen LogP contribution in [-0.4, -0.2) is 14.5 Å². The first-order valence-corrected chi connectivity index (χ1v) is 4.06. The Kier molecular flexibility index (Phi) is 1.70. The number of nitrogens with two attached hydrogens (primary N) is 1. The minimum Gasteiger partial charge on any atom is -0.392 e. The van der Waals surface area contributed by atoms with Crippen LogP contribution in [0.4, 0.5) is 5.82 Å². The number of nitrogen functional groups attached to an aromatic ring is 1. The number of aliphatic hydroxyl groups excluding tert-OH is 1. The van der Waals surface area contributed by atoms with Crippen LogP contribution in [0.15, 0.2) is 18.3 Å². The van der Waals surface area contributed by atoms with Crippen molar-refractivity contribution in [2.24, 2.45) is 0 Å². The predicted molar refractivity (Wildman–Crippen MR) is 50.3 cm³/mol. The van der Waals surface area contributed by atoms with Gasteiger partial charge in [-0.1, -0.05) is 0 Å². The first kappa shape index (κ1) is 8.07. The molecule has 0 saturated carbocycles. The molecule has 13 heavy (non-hydrogen) atoms. The number of pyridine rings is 1. The van der Waals surface area contributed by atoms with Crippen LogP contribution in [0, 0.1) is 6.92 Å². The Hall–Kier alpha value is -1.55. The zero-order valence-corrected chi connectivity index (χ0v) is 7.36. The van der Waals surface area contributed by atoms with Crippen molar-refractivity contribution in [1.29, 1.82) is 0 Å². The van der Waals surface area contributed by atoms with Crippen LogP contribution in [0.25, 0.3) is 5.65 Å². The lowest BCUT2D eigenvalue weighted by Crippen LogP contribution is -1.94. The first-order valence-electron chi connectivity index (χ1n) is 4.06. The second-order valence-corrected chi connectivity index (χ2v) is 3.00. The molecule has 3 N–H and O–H groups in total. The Bertz CT molecular complexity index is 447. The molecule has 0 aromatic carbocycles. The van der Waals surface area contributed by atoms with E-state index in [0.717, 1.165) is 16.9 Å². The van der Waals surface area contributed by atoms with Gasteiger partial charge in [0, 0.05) is 6.20 Å². The van der Waals surface area contributed by atoms with Gasteiger partial charge >= 0.3 is 0 Å². The maximum absolute atomic E-state index is 8.90. The standard InChI is InChI=1S/C9H11N3O/c1-6-9(10)12-3-2-7(5-13)4-8(12)11-6/h2-4,13H,5,10H2,1H3. The highest BCUT2D eigenvalue weighted by molar-refractivity contribution is 5.53. The second kappa shape index (κ2) is 2.74. The first-order chi connectivity index (χ1) is 6.22. The predicted octanol–water partition coefficient (Wildman–Crippen LogP) is 0.717. The number of anilines is 1. The number of hydrogen-bond acceptors (Lipinski definition) is 3. The fraction of sp³-hybridized carbons (Fsp3) is 0.222. The molecule has 0 amide bonds. The SMILES string of the molecule is Cc1nc2cc(CO)ccn2c1N. The van der Waals surface area contributed by atoms with Crippen molar-refractivity contribution in [2.75, 3.05) is 5.73 Å². The summed E-state index contributed by atoms with van der Waals surface area (Å²) in [6, 6.07) is 3.65. The Morgan fingerprint density at radius 3 is 3.08 bits per heavy atom. The van der Waals surface area contributed by atoms with Crippen LogP contribution < -0.4 is 5.73 Å². The summed E-state index contributed by atoms with van der Waals surface area (Å²) in [6.07, 6.45) is 1.82. The van der Waals surface area contributed by atoms with Crippen LogP contribution in [-0.2, 0) is 6.61 Å². The molecule has 0 unspecified atom stereocenters. The van der Waals surface area contributed by atoms with Gasteiger partial charge in [-0.3, -0.25) is 4.40 Å². The molecule has 2 aromatic heterocycles. The molecule has 0 saturated heterocycles. The number of rotatable bonds is 1. The van der Waals surface area contributed by atoms with Gasteiger partial charge in [-0.15, -0.1) is 0 Å². The number of aliphatic hydroxyl groups is 1. The third-order valence-corrected chi connectivity index (χ3v) is 2.09. The quantitative estimate of drug-likeness (QED) is 0.674. The van der Waals surface area contributed by atoms with Crippen LogP contribution in [0.2, 0.25) is 0 Å². The molecule has 68 valence electrons. The molecule has 0 radical (unpaired) electrons. The van der Waals surface area contributed by atoms with Gasteiger partial charge in [-0.25, -0.2) is 4.98 Å². The van der Waals surface area contributed by atoms with Gasteiger partial charge in [0.2, 0.25) is 0 Å². The molecule has 0 atom stereocenters. The van der Waals surface area contributed by atoms with Crippen LogP contribution >= 0.6 is 0 Å². The van der Waals surface area contributed by atoms with Crippen molar-refractivity contribution >= 4 is 11.5 Å². The Morgan fingerprint density at radius 1 is 1.62 bits per heavy atom. The number of nitrogens with zero attached hydrogens (tertiary/aromatic N) is 2. The summed E-state index contributed by atoms with van der Waals surface area (Å²) in [5, 5.41) is 8.90. The van der Waals surface area contributed by atoms with Crippen LogP contribution in [0.3, 0.4) is 0 Å². The van der Waals surface area contributed by atoms with Crippen molar-refractivity contribution in [1.82, 2.24) is 9.38 Å². The molecule has 2 heterocycles. The van der Waals surface area contributed by atoms with Gasteiger partial charge in [-0.2, -0.15) is 0 Å².